The molecular weight excluding hydrogens is 264 g/mol. The molecule has 3 fully saturated rings. The molecule has 0 heterocycles. The van der Waals surface area contributed by atoms with Crippen LogP contribution < -0.4 is 0 Å². The second-order valence-corrected chi connectivity index (χ2v) is 8.35. The zero-order valence-electron chi connectivity index (χ0n) is 13.1. The van der Waals surface area contributed by atoms with E-state index < -0.39 is 0 Å². The molecule has 4 aliphatic rings. The Bertz CT molecular complexity index is 547. The summed E-state index contributed by atoms with van der Waals surface area (Å²) < 4.78 is 6.03. The van der Waals surface area contributed by atoms with Crippen LogP contribution >= 0.6 is 0 Å². The van der Waals surface area contributed by atoms with Crippen molar-refractivity contribution in [3.8, 4) is 0 Å². The first kappa shape index (κ1) is 13.5. The standard InChI is InChI=1S/C18H24O3/c1-17(2)11-5-7-14(17)18(3,9-11)21-16(20)13-8-10-4-6-12(13)15(10)19/h4,6,10-14H,5,7-9H2,1-3H3. The first-order valence-electron chi connectivity index (χ1n) is 8.28. The Labute approximate surface area is 126 Å². The summed E-state index contributed by atoms with van der Waals surface area (Å²) >= 11 is 0. The van der Waals surface area contributed by atoms with Crippen molar-refractivity contribution in [2.75, 3.05) is 0 Å². The van der Waals surface area contributed by atoms with E-state index in [1.165, 1.54) is 6.42 Å². The third-order valence-corrected chi connectivity index (χ3v) is 6.97. The van der Waals surface area contributed by atoms with E-state index in [0.717, 1.165) is 12.8 Å². The van der Waals surface area contributed by atoms with Gasteiger partial charge in [0.05, 0.1) is 5.92 Å². The monoisotopic (exact) mass is 288 g/mol. The summed E-state index contributed by atoms with van der Waals surface area (Å²) in [4.78, 5) is 24.6. The van der Waals surface area contributed by atoms with Crippen LogP contribution in [0.5, 0.6) is 0 Å². The summed E-state index contributed by atoms with van der Waals surface area (Å²) in [7, 11) is 0. The van der Waals surface area contributed by atoms with E-state index in [4.69, 9.17) is 4.74 Å². The highest BCUT2D eigenvalue weighted by molar-refractivity contribution is 5.96. The molecule has 3 saturated carbocycles. The number of hydrogen-bond donors (Lipinski definition) is 0. The summed E-state index contributed by atoms with van der Waals surface area (Å²) in [5.74, 6) is 0.744. The van der Waals surface area contributed by atoms with Crippen LogP contribution in [0.15, 0.2) is 12.2 Å². The summed E-state index contributed by atoms with van der Waals surface area (Å²) in [5, 5.41) is 0. The molecule has 6 unspecified atom stereocenters. The first-order chi connectivity index (χ1) is 9.83. The lowest BCUT2D eigenvalue weighted by molar-refractivity contribution is -0.171. The van der Waals surface area contributed by atoms with Gasteiger partial charge in [-0.3, -0.25) is 9.59 Å². The normalized spacial score (nSPS) is 49.1. The number of fused-ring (bicyclic) bond motifs is 4. The van der Waals surface area contributed by atoms with Gasteiger partial charge in [-0.2, -0.15) is 0 Å². The molecule has 0 amide bonds. The van der Waals surface area contributed by atoms with Gasteiger partial charge >= 0.3 is 5.97 Å². The number of ketones is 1. The Hall–Kier alpha value is -1.12. The molecule has 0 aliphatic heterocycles. The summed E-state index contributed by atoms with van der Waals surface area (Å²) in [5.41, 5.74) is -0.0441. The Morgan fingerprint density at radius 3 is 2.48 bits per heavy atom. The van der Waals surface area contributed by atoms with Crippen molar-refractivity contribution in [3.63, 3.8) is 0 Å². The molecule has 0 radical (unpaired) electrons. The van der Waals surface area contributed by atoms with Crippen LogP contribution in [0.2, 0.25) is 0 Å². The maximum Gasteiger partial charge on any atom is 0.310 e. The van der Waals surface area contributed by atoms with Crippen LogP contribution in [0.25, 0.3) is 0 Å². The predicted octanol–water partition coefficient (Wildman–Crippen LogP) is 3.14. The lowest BCUT2D eigenvalue weighted by Crippen LogP contribution is -2.41. The number of hydrogen-bond acceptors (Lipinski definition) is 3. The van der Waals surface area contributed by atoms with E-state index in [1.54, 1.807) is 0 Å². The van der Waals surface area contributed by atoms with Crippen LogP contribution in [0.3, 0.4) is 0 Å². The molecule has 114 valence electrons. The van der Waals surface area contributed by atoms with E-state index in [1.807, 2.05) is 12.2 Å². The first-order valence-corrected chi connectivity index (χ1v) is 8.28. The number of esters is 1. The number of carbonyl (C=O) groups is 2. The van der Waals surface area contributed by atoms with Crippen molar-refractivity contribution in [1.82, 2.24) is 0 Å². The fourth-order valence-electron chi connectivity index (χ4n) is 5.78. The van der Waals surface area contributed by atoms with Crippen LogP contribution in [-0.4, -0.2) is 17.4 Å². The van der Waals surface area contributed by atoms with Gasteiger partial charge in [-0.05, 0) is 43.9 Å². The van der Waals surface area contributed by atoms with Gasteiger partial charge in [0, 0.05) is 17.8 Å². The van der Waals surface area contributed by atoms with Gasteiger partial charge in [0.25, 0.3) is 0 Å². The molecule has 0 N–H and O–H groups in total. The molecule has 0 aromatic carbocycles. The molecule has 0 spiro atoms. The summed E-state index contributed by atoms with van der Waals surface area (Å²) in [6.07, 6.45) is 7.94. The number of carbonyl (C=O) groups excluding carboxylic acids is 2. The molecular formula is C18H24O3. The number of Topliss-reactive ketones (excluding diaryl/α,β-unsaturated/α-hetero) is 1. The van der Waals surface area contributed by atoms with Gasteiger partial charge in [-0.15, -0.1) is 0 Å². The van der Waals surface area contributed by atoms with Gasteiger partial charge in [0.15, 0.2) is 0 Å². The van der Waals surface area contributed by atoms with Crippen molar-refractivity contribution < 1.29 is 14.3 Å². The van der Waals surface area contributed by atoms with Gasteiger partial charge < -0.3 is 4.74 Å². The smallest absolute Gasteiger partial charge is 0.310 e. The predicted molar refractivity (Wildman–Crippen MR) is 78.3 cm³/mol. The SMILES string of the molecule is CC1(OC(=O)C2CC3C=CC2C3=O)CC2CCC1C2(C)C. The highest BCUT2D eigenvalue weighted by atomic mass is 16.6. The van der Waals surface area contributed by atoms with Crippen molar-refractivity contribution in [3.05, 3.63) is 12.2 Å². The molecule has 0 saturated heterocycles. The van der Waals surface area contributed by atoms with Crippen molar-refractivity contribution >= 4 is 11.8 Å². The summed E-state index contributed by atoms with van der Waals surface area (Å²) in [6.45, 7) is 6.75. The minimum Gasteiger partial charge on any atom is -0.459 e. The van der Waals surface area contributed by atoms with Crippen LogP contribution in [-0.2, 0) is 14.3 Å². The third kappa shape index (κ3) is 1.66. The van der Waals surface area contributed by atoms with Crippen molar-refractivity contribution in [1.29, 1.82) is 0 Å². The van der Waals surface area contributed by atoms with Crippen molar-refractivity contribution in [2.24, 2.45) is 35.0 Å². The lowest BCUT2D eigenvalue weighted by atomic mass is 9.78. The lowest BCUT2D eigenvalue weighted by Gasteiger charge is -2.36. The maximum absolute atomic E-state index is 12.6. The molecule has 0 aromatic heterocycles. The van der Waals surface area contributed by atoms with E-state index in [2.05, 4.69) is 20.8 Å². The average molecular weight is 288 g/mol. The van der Waals surface area contributed by atoms with Gasteiger partial charge in [0.2, 0.25) is 0 Å². The zero-order chi connectivity index (χ0) is 15.0. The fourth-order valence-corrected chi connectivity index (χ4v) is 5.78. The van der Waals surface area contributed by atoms with Gasteiger partial charge in [0.1, 0.15) is 11.4 Å². The van der Waals surface area contributed by atoms with Crippen LogP contribution in [0, 0.1) is 35.0 Å². The van der Waals surface area contributed by atoms with E-state index >= 15 is 0 Å². The Kier molecular flexibility index (Phi) is 2.57. The second kappa shape index (κ2) is 3.99. The molecule has 3 heteroatoms. The molecule has 21 heavy (non-hydrogen) atoms. The van der Waals surface area contributed by atoms with E-state index in [0.29, 0.717) is 18.3 Å². The molecule has 3 nitrogen and oxygen atoms in total. The Morgan fingerprint density at radius 1 is 1.24 bits per heavy atom. The summed E-state index contributed by atoms with van der Waals surface area (Å²) in [6, 6.07) is 0. The molecule has 4 aliphatic carbocycles. The average Bonchev–Trinajstić information content (AvgIpc) is 3.07. The highest BCUT2D eigenvalue weighted by Crippen LogP contribution is 2.63. The topological polar surface area (TPSA) is 43.4 Å². The van der Waals surface area contributed by atoms with Crippen LogP contribution in [0.1, 0.15) is 46.5 Å². The molecule has 4 bridgehead atoms. The minimum absolute atomic E-state index is 0.0307. The molecule has 0 aromatic rings. The third-order valence-electron chi connectivity index (χ3n) is 6.97. The highest BCUT2D eigenvalue weighted by Gasteiger charge is 2.61. The van der Waals surface area contributed by atoms with Crippen LogP contribution in [0.4, 0.5) is 0 Å². The Balaban J connectivity index is 1.51. The molecule has 4 rings (SSSR count). The van der Waals surface area contributed by atoms with E-state index in [9.17, 15) is 9.59 Å². The quantitative estimate of drug-likeness (QED) is 0.579. The second-order valence-electron chi connectivity index (χ2n) is 8.35. The number of allylic oxidation sites excluding steroid dienone is 2. The van der Waals surface area contributed by atoms with Gasteiger partial charge in [-0.25, -0.2) is 0 Å². The minimum atomic E-state index is -0.321. The molecule has 6 atom stereocenters. The van der Waals surface area contributed by atoms with Crippen molar-refractivity contribution in [2.45, 2.75) is 52.1 Å². The fraction of sp³-hybridized carbons (Fsp3) is 0.778. The Morgan fingerprint density at radius 2 is 2.00 bits per heavy atom. The number of rotatable bonds is 2. The largest absolute Gasteiger partial charge is 0.459 e. The van der Waals surface area contributed by atoms with Gasteiger partial charge in [-0.1, -0.05) is 26.0 Å². The van der Waals surface area contributed by atoms with E-state index in [-0.39, 0.29) is 40.5 Å². The number of ether oxygens (including phenoxy) is 1. The zero-order valence-corrected chi connectivity index (χ0v) is 13.1. The maximum atomic E-state index is 12.6.